The third-order valence-electron chi connectivity index (χ3n) is 7.13. The maximum Gasteiger partial charge on any atom is 0.410 e. The van der Waals surface area contributed by atoms with E-state index >= 15 is 0 Å². The lowest BCUT2D eigenvalue weighted by Gasteiger charge is -2.45. The molecule has 4 aliphatic heterocycles. The number of aromatic amines is 1. The molecular weight excluding hydrogens is 410 g/mol. The molecule has 4 aliphatic rings. The van der Waals surface area contributed by atoms with Gasteiger partial charge in [0.15, 0.2) is 0 Å². The zero-order chi connectivity index (χ0) is 20.9. The number of nitrogens with one attached hydrogen (secondary N) is 1. The van der Waals surface area contributed by atoms with Gasteiger partial charge in [-0.25, -0.2) is 4.79 Å². The Morgan fingerprint density at radius 1 is 1.10 bits per heavy atom. The van der Waals surface area contributed by atoms with Gasteiger partial charge in [-0.2, -0.15) is 0 Å². The van der Waals surface area contributed by atoms with Crippen molar-refractivity contribution < 1.29 is 9.53 Å². The summed E-state index contributed by atoms with van der Waals surface area (Å²) in [5.41, 5.74) is 4.26. The van der Waals surface area contributed by atoms with Gasteiger partial charge in [-0.1, -0.05) is 41.7 Å². The van der Waals surface area contributed by atoms with Crippen LogP contribution in [0.2, 0.25) is 0 Å². The molecular formula is C24H25N3O3S. The number of hydrogen-bond donors (Lipinski definition) is 1. The van der Waals surface area contributed by atoms with Crippen LogP contribution in [-0.2, 0) is 11.2 Å². The van der Waals surface area contributed by atoms with Crippen LogP contribution in [0.1, 0.15) is 35.6 Å². The maximum atomic E-state index is 13.4. The number of benzene rings is 2. The molecule has 31 heavy (non-hydrogen) atoms. The van der Waals surface area contributed by atoms with E-state index in [1.165, 1.54) is 16.9 Å². The molecule has 0 radical (unpaired) electrons. The second-order valence-corrected chi connectivity index (χ2v) is 9.89. The van der Waals surface area contributed by atoms with Gasteiger partial charge in [0.2, 0.25) is 0 Å². The Morgan fingerprint density at radius 3 is 2.74 bits per heavy atom. The summed E-state index contributed by atoms with van der Waals surface area (Å²) in [7, 11) is 0. The molecule has 3 fully saturated rings. The Kier molecular flexibility index (Phi) is 4.61. The predicted octanol–water partition coefficient (Wildman–Crippen LogP) is 3.77. The number of amides is 1. The Morgan fingerprint density at radius 2 is 1.94 bits per heavy atom. The van der Waals surface area contributed by atoms with Crippen molar-refractivity contribution in [1.29, 1.82) is 0 Å². The molecule has 0 aliphatic carbocycles. The fraction of sp³-hybridized carbons (Fsp3) is 0.417. The van der Waals surface area contributed by atoms with E-state index in [1.54, 1.807) is 0 Å². The average Bonchev–Trinajstić information content (AvgIpc) is 3.18. The molecule has 3 aromatic rings. The van der Waals surface area contributed by atoms with E-state index in [9.17, 15) is 9.59 Å². The number of H-pyrrole nitrogens is 1. The van der Waals surface area contributed by atoms with Crippen molar-refractivity contribution >= 4 is 27.6 Å². The van der Waals surface area contributed by atoms with Crippen LogP contribution in [0.25, 0.3) is 10.2 Å². The third-order valence-corrected chi connectivity index (χ3v) is 7.97. The van der Waals surface area contributed by atoms with Crippen molar-refractivity contribution in [3.05, 3.63) is 68.8 Å². The number of rotatable bonds is 2. The molecule has 2 aromatic carbocycles. The monoisotopic (exact) mass is 435 g/mol. The van der Waals surface area contributed by atoms with Crippen LogP contribution in [0.4, 0.5) is 4.79 Å². The van der Waals surface area contributed by atoms with Crippen molar-refractivity contribution in [2.75, 3.05) is 26.2 Å². The molecule has 1 N–H and O–H groups in total. The zero-order valence-corrected chi connectivity index (χ0v) is 18.1. The lowest BCUT2D eigenvalue weighted by Crippen LogP contribution is -2.53. The minimum Gasteiger partial charge on any atom is -0.444 e. The number of nitrogens with zero attached hydrogens (tertiary/aromatic N) is 2. The molecule has 7 rings (SSSR count). The fourth-order valence-electron chi connectivity index (χ4n) is 5.50. The third kappa shape index (κ3) is 3.36. The SMILES string of the molecule is O=C(O[C@@H]1CN2CCC1CC2)N1CCc2ccccc2[C@H]1c1ccc2[nH]c(=O)sc2c1. The second-order valence-electron chi connectivity index (χ2n) is 8.88. The van der Waals surface area contributed by atoms with Crippen molar-refractivity contribution in [2.45, 2.75) is 31.4 Å². The van der Waals surface area contributed by atoms with Crippen molar-refractivity contribution in [2.24, 2.45) is 5.92 Å². The lowest BCUT2D eigenvalue weighted by molar-refractivity contribution is -0.0462. The topological polar surface area (TPSA) is 65.6 Å². The first-order chi connectivity index (χ1) is 15.2. The first-order valence-corrected chi connectivity index (χ1v) is 11.9. The van der Waals surface area contributed by atoms with E-state index in [0.29, 0.717) is 12.5 Å². The van der Waals surface area contributed by atoms with Crippen LogP contribution in [0.3, 0.4) is 0 Å². The fourth-order valence-corrected chi connectivity index (χ4v) is 6.28. The van der Waals surface area contributed by atoms with E-state index in [0.717, 1.165) is 60.2 Å². The average molecular weight is 436 g/mol. The summed E-state index contributed by atoms with van der Waals surface area (Å²) in [6.07, 6.45) is 2.83. The number of piperidine rings is 3. The minimum absolute atomic E-state index is 0.00906. The minimum atomic E-state index is -0.222. The molecule has 1 aromatic heterocycles. The summed E-state index contributed by atoms with van der Waals surface area (Å²) in [6.45, 7) is 3.73. The number of carbonyl (C=O) groups excluding carboxylic acids is 1. The quantitative estimate of drug-likeness (QED) is 0.666. The molecule has 6 nitrogen and oxygen atoms in total. The zero-order valence-electron chi connectivity index (χ0n) is 17.3. The summed E-state index contributed by atoms with van der Waals surface area (Å²) >= 11 is 1.21. The normalized spacial score (nSPS) is 27.3. The van der Waals surface area contributed by atoms with Crippen molar-refractivity contribution in [1.82, 2.24) is 14.8 Å². The number of ether oxygens (including phenoxy) is 1. The molecule has 5 heterocycles. The number of thiazole rings is 1. The van der Waals surface area contributed by atoms with E-state index in [-0.39, 0.29) is 23.1 Å². The Balaban J connectivity index is 1.35. The highest BCUT2D eigenvalue weighted by Gasteiger charge is 2.39. The molecule has 0 saturated carbocycles. The van der Waals surface area contributed by atoms with Crippen LogP contribution < -0.4 is 4.87 Å². The van der Waals surface area contributed by atoms with Crippen molar-refractivity contribution in [3.8, 4) is 0 Å². The molecule has 160 valence electrons. The van der Waals surface area contributed by atoms with Gasteiger partial charge in [0, 0.05) is 13.1 Å². The molecule has 2 bridgehead atoms. The number of fused-ring (bicyclic) bond motifs is 5. The number of carbonyl (C=O) groups is 1. The van der Waals surface area contributed by atoms with E-state index in [2.05, 4.69) is 28.1 Å². The summed E-state index contributed by atoms with van der Waals surface area (Å²) in [6, 6.07) is 14.1. The van der Waals surface area contributed by atoms with Crippen LogP contribution in [0, 0.1) is 5.92 Å². The van der Waals surface area contributed by atoms with Crippen LogP contribution in [0.15, 0.2) is 47.3 Å². The van der Waals surface area contributed by atoms with Gasteiger partial charge in [0.25, 0.3) is 0 Å². The van der Waals surface area contributed by atoms with E-state index in [1.807, 2.05) is 29.2 Å². The summed E-state index contributed by atoms with van der Waals surface area (Å²) in [5.74, 6) is 0.484. The van der Waals surface area contributed by atoms with Crippen LogP contribution >= 0.6 is 11.3 Å². The second kappa shape index (κ2) is 7.50. The predicted molar refractivity (Wildman–Crippen MR) is 121 cm³/mol. The van der Waals surface area contributed by atoms with Crippen LogP contribution in [0.5, 0.6) is 0 Å². The largest absolute Gasteiger partial charge is 0.444 e. The highest BCUT2D eigenvalue weighted by atomic mass is 32.1. The lowest BCUT2D eigenvalue weighted by atomic mass is 9.86. The van der Waals surface area contributed by atoms with Gasteiger partial charge in [-0.3, -0.25) is 14.6 Å². The smallest absolute Gasteiger partial charge is 0.410 e. The van der Waals surface area contributed by atoms with Crippen LogP contribution in [-0.4, -0.2) is 53.2 Å². The summed E-state index contributed by atoms with van der Waals surface area (Å²) in [4.78, 5) is 32.3. The molecule has 2 atom stereocenters. The number of hydrogen-bond acceptors (Lipinski definition) is 5. The Hall–Kier alpha value is -2.64. The summed E-state index contributed by atoms with van der Waals surface area (Å²) < 4.78 is 7.03. The summed E-state index contributed by atoms with van der Waals surface area (Å²) in [5, 5.41) is 0. The number of aromatic nitrogens is 1. The van der Waals surface area contributed by atoms with Gasteiger partial charge >= 0.3 is 11.0 Å². The first-order valence-electron chi connectivity index (χ1n) is 11.1. The van der Waals surface area contributed by atoms with E-state index < -0.39 is 0 Å². The molecule has 1 amide bonds. The van der Waals surface area contributed by atoms with E-state index in [4.69, 9.17) is 4.74 Å². The molecule has 0 unspecified atom stereocenters. The standard InChI is InChI=1S/C24H25N3O3S/c28-23-25-19-6-5-17(13-21(19)31-23)22-18-4-2-1-3-15(18)9-12-27(22)24(29)30-20-14-26-10-7-16(20)8-11-26/h1-6,13,16,20,22H,7-12,14H2,(H,25,28)/t20-,22-/m1/s1. The first kappa shape index (κ1) is 19.1. The highest BCUT2D eigenvalue weighted by molar-refractivity contribution is 7.16. The van der Waals surface area contributed by atoms with Gasteiger partial charge in [0.05, 0.1) is 16.3 Å². The van der Waals surface area contributed by atoms with Gasteiger partial charge in [0.1, 0.15) is 6.10 Å². The molecule has 0 spiro atoms. The maximum absolute atomic E-state index is 13.4. The van der Waals surface area contributed by atoms with Crippen molar-refractivity contribution in [3.63, 3.8) is 0 Å². The Labute approximate surface area is 184 Å². The molecule has 7 heteroatoms. The van der Waals surface area contributed by atoms with Gasteiger partial charge < -0.3 is 9.72 Å². The highest BCUT2D eigenvalue weighted by Crippen LogP contribution is 2.38. The van der Waals surface area contributed by atoms with Gasteiger partial charge in [-0.05, 0) is 67.1 Å². The Bertz CT molecular complexity index is 1190. The van der Waals surface area contributed by atoms with Gasteiger partial charge in [-0.15, -0.1) is 0 Å². The molecule has 3 saturated heterocycles.